The number of hydrogen-bond acceptors (Lipinski definition) is 4. The standard InChI is InChI=1S/C29H33BrClN3O4S/c1-20-13-15-25(16-14-20)39(37,38)34(24-11-8-10-23(30)17-24)19-27(35)33(18-22-9-6-7-12-26(22)31)21(2)28(36)32-29(3,4)5/h6-17,21H,18-19H2,1-5H3,(H,32,36). The molecule has 3 aromatic carbocycles. The monoisotopic (exact) mass is 633 g/mol. The molecule has 208 valence electrons. The summed E-state index contributed by atoms with van der Waals surface area (Å²) in [6.45, 7) is 8.53. The predicted octanol–water partition coefficient (Wildman–Crippen LogP) is 5.94. The van der Waals surface area contributed by atoms with E-state index >= 15 is 0 Å². The van der Waals surface area contributed by atoms with E-state index in [1.807, 2.05) is 27.7 Å². The van der Waals surface area contributed by atoms with Gasteiger partial charge in [-0.15, -0.1) is 0 Å². The number of rotatable bonds is 9. The average molecular weight is 635 g/mol. The van der Waals surface area contributed by atoms with E-state index < -0.39 is 34.1 Å². The Balaban J connectivity index is 2.05. The van der Waals surface area contributed by atoms with E-state index in [1.165, 1.54) is 17.0 Å². The minimum Gasteiger partial charge on any atom is -0.350 e. The first-order chi connectivity index (χ1) is 18.2. The molecule has 1 unspecified atom stereocenters. The van der Waals surface area contributed by atoms with Gasteiger partial charge in [-0.2, -0.15) is 0 Å². The van der Waals surface area contributed by atoms with Gasteiger partial charge in [0.2, 0.25) is 11.8 Å². The van der Waals surface area contributed by atoms with Gasteiger partial charge in [0.05, 0.1) is 10.6 Å². The van der Waals surface area contributed by atoms with Crippen molar-refractivity contribution in [2.75, 3.05) is 10.8 Å². The van der Waals surface area contributed by atoms with Crippen molar-refractivity contribution in [3.63, 3.8) is 0 Å². The number of nitrogens with zero attached hydrogens (tertiary/aromatic N) is 2. The zero-order chi connectivity index (χ0) is 29.0. The van der Waals surface area contributed by atoms with Gasteiger partial charge in [-0.05, 0) is 76.6 Å². The number of halogens is 2. The molecule has 0 aromatic heterocycles. The van der Waals surface area contributed by atoms with E-state index in [0.29, 0.717) is 20.7 Å². The van der Waals surface area contributed by atoms with Gasteiger partial charge in [-0.3, -0.25) is 13.9 Å². The van der Waals surface area contributed by atoms with Crippen molar-refractivity contribution in [1.82, 2.24) is 10.2 Å². The third-order valence-corrected chi connectivity index (χ3v) is 8.60. The second-order valence-corrected chi connectivity index (χ2v) is 13.5. The van der Waals surface area contributed by atoms with Crippen molar-refractivity contribution in [2.45, 2.75) is 57.6 Å². The van der Waals surface area contributed by atoms with Crippen molar-refractivity contribution in [3.8, 4) is 0 Å². The number of anilines is 1. The quantitative estimate of drug-likeness (QED) is 0.316. The second kappa shape index (κ2) is 12.5. The summed E-state index contributed by atoms with van der Waals surface area (Å²) in [6, 6.07) is 19.3. The van der Waals surface area contributed by atoms with E-state index in [-0.39, 0.29) is 17.3 Å². The molecule has 0 fully saturated rings. The minimum absolute atomic E-state index is 0.0220. The third-order valence-electron chi connectivity index (χ3n) is 5.95. The molecular weight excluding hydrogens is 602 g/mol. The molecule has 0 heterocycles. The molecule has 0 saturated heterocycles. The fraction of sp³-hybridized carbons (Fsp3) is 0.310. The van der Waals surface area contributed by atoms with Crippen molar-refractivity contribution >= 4 is 55.1 Å². The van der Waals surface area contributed by atoms with E-state index in [0.717, 1.165) is 9.87 Å². The fourth-order valence-electron chi connectivity index (χ4n) is 3.86. The van der Waals surface area contributed by atoms with Crippen molar-refractivity contribution < 1.29 is 18.0 Å². The zero-order valence-electron chi connectivity index (χ0n) is 22.6. The molecule has 3 rings (SSSR count). The van der Waals surface area contributed by atoms with Crippen LogP contribution in [0.2, 0.25) is 5.02 Å². The number of aryl methyl sites for hydroxylation is 1. The van der Waals surface area contributed by atoms with Gasteiger partial charge in [0.1, 0.15) is 12.6 Å². The summed E-state index contributed by atoms with van der Waals surface area (Å²) >= 11 is 9.79. The number of carbonyl (C=O) groups excluding carboxylic acids is 2. The molecule has 0 aliphatic carbocycles. The Morgan fingerprint density at radius 2 is 1.64 bits per heavy atom. The number of carbonyl (C=O) groups is 2. The smallest absolute Gasteiger partial charge is 0.264 e. The van der Waals surface area contributed by atoms with Crippen LogP contribution in [0.1, 0.15) is 38.8 Å². The highest BCUT2D eigenvalue weighted by Crippen LogP contribution is 2.27. The molecule has 0 radical (unpaired) electrons. The van der Waals surface area contributed by atoms with Crippen LogP contribution < -0.4 is 9.62 Å². The zero-order valence-corrected chi connectivity index (χ0v) is 25.8. The molecule has 0 aliphatic heterocycles. The molecule has 0 bridgehead atoms. The fourth-order valence-corrected chi connectivity index (χ4v) is 5.85. The lowest BCUT2D eigenvalue weighted by molar-refractivity contribution is -0.140. The van der Waals surface area contributed by atoms with Crippen molar-refractivity contribution in [1.29, 1.82) is 0 Å². The SMILES string of the molecule is Cc1ccc(S(=O)(=O)N(CC(=O)N(Cc2ccccc2Cl)C(C)C(=O)NC(C)(C)C)c2cccc(Br)c2)cc1. The Labute approximate surface area is 244 Å². The van der Waals surface area contributed by atoms with Gasteiger partial charge in [0.15, 0.2) is 0 Å². The van der Waals surface area contributed by atoms with Crippen LogP contribution in [0.25, 0.3) is 0 Å². The van der Waals surface area contributed by atoms with Crippen molar-refractivity contribution in [3.05, 3.63) is 93.4 Å². The lowest BCUT2D eigenvalue weighted by Crippen LogP contribution is -2.54. The summed E-state index contributed by atoms with van der Waals surface area (Å²) in [5.41, 5.74) is 1.33. The molecule has 0 saturated carbocycles. The van der Waals surface area contributed by atoms with Gasteiger partial charge >= 0.3 is 0 Å². The maximum absolute atomic E-state index is 14.0. The van der Waals surface area contributed by atoms with Crippen LogP contribution in [-0.4, -0.2) is 43.3 Å². The molecule has 1 atom stereocenters. The molecular formula is C29H33BrClN3O4S. The van der Waals surface area contributed by atoms with Crippen LogP contribution in [0.5, 0.6) is 0 Å². The Morgan fingerprint density at radius 3 is 2.23 bits per heavy atom. The highest BCUT2D eigenvalue weighted by molar-refractivity contribution is 9.10. The number of benzene rings is 3. The highest BCUT2D eigenvalue weighted by atomic mass is 79.9. The van der Waals surface area contributed by atoms with E-state index in [2.05, 4.69) is 21.2 Å². The van der Waals surface area contributed by atoms with Gasteiger partial charge in [-0.25, -0.2) is 8.42 Å². The Bertz CT molecular complexity index is 1440. The van der Waals surface area contributed by atoms with Crippen molar-refractivity contribution in [2.24, 2.45) is 0 Å². The number of sulfonamides is 1. The number of nitrogens with one attached hydrogen (secondary N) is 1. The second-order valence-electron chi connectivity index (χ2n) is 10.3. The summed E-state index contributed by atoms with van der Waals surface area (Å²) in [7, 11) is -4.13. The molecule has 3 aromatic rings. The molecule has 2 amide bonds. The summed E-state index contributed by atoms with van der Waals surface area (Å²) in [5.74, 6) is -0.916. The lowest BCUT2D eigenvalue weighted by atomic mass is 10.1. The molecule has 0 spiro atoms. The molecule has 0 aliphatic rings. The first kappa shape index (κ1) is 30.7. The maximum atomic E-state index is 14.0. The van der Waals surface area contributed by atoms with Crippen LogP contribution in [-0.2, 0) is 26.2 Å². The van der Waals surface area contributed by atoms with Crippen LogP contribution in [0.4, 0.5) is 5.69 Å². The first-order valence-electron chi connectivity index (χ1n) is 12.4. The lowest BCUT2D eigenvalue weighted by Gasteiger charge is -2.33. The molecule has 39 heavy (non-hydrogen) atoms. The predicted molar refractivity (Wildman–Crippen MR) is 159 cm³/mol. The van der Waals surface area contributed by atoms with Gasteiger partial charge < -0.3 is 10.2 Å². The van der Waals surface area contributed by atoms with Crippen LogP contribution in [0, 0.1) is 6.92 Å². The third kappa shape index (κ3) is 8.06. The Hall–Kier alpha value is -2.88. The Morgan fingerprint density at radius 1 is 1.00 bits per heavy atom. The van der Waals surface area contributed by atoms with E-state index in [1.54, 1.807) is 67.6 Å². The normalized spacial score (nSPS) is 12.5. The topological polar surface area (TPSA) is 86.8 Å². The average Bonchev–Trinajstić information content (AvgIpc) is 2.85. The molecule has 10 heteroatoms. The van der Waals surface area contributed by atoms with Crippen LogP contribution in [0.15, 0.2) is 82.2 Å². The van der Waals surface area contributed by atoms with Gasteiger partial charge in [0, 0.05) is 21.6 Å². The highest BCUT2D eigenvalue weighted by Gasteiger charge is 2.33. The summed E-state index contributed by atoms with van der Waals surface area (Å²) in [5, 5.41) is 3.34. The summed E-state index contributed by atoms with van der Waals surface area (Å²) in [6.07, 6.45) is 0. The van der Waals surface area contributed by atoms with E-state index in [4.69, 9.17) is 11.6 Å². The number of amides is 2. The van der Waals surface area contributed by atoms with Gasteiger partial charge in [-0.1, -0.05) is 69.5 Å². The largest absolute Gasteiger partial charge is 0.350 e. The molecule has 1 N–H and O–H groups in total. The van der Waals surface area contributed by atoms with E-state index in [9.17, 15) is 18.0 Å². The molecule has 7 nitrogen and oxygen atoms in total. The first-order valence-corrected chi connectivity index (χ1v) is 15.0. The number of hydrogen-bond donors (Lipinski definition) is 1. The summed E-state index contributed by atoms with van der Waals surface area (Å²) in [4.78, 5) is 28.5. The van der Waals surface area contributed by atoms with Crippen LogP contribution in [0.3, 0.4) is 0 Å². The summed E-state index contributed by atoms with van der Waals surface area (Å²) < 4.78 is 29.4. The minimum atomic E-state index is -4.13. The van der Waals surface area contributed by atoms with Gasteiger partial charge in [0.25, 0.3) is 10.0 Å². The maximum Gasteiger partial charge on any atom is 0.264 e. The Kier molecular flexibility index (Phi) is 9.85. The van der Waals surface area contributed by atoms with Crippen LogP contribution >= 0.6 is 27.5 Å².